The van der Waals surface area contributed by atoms with Crippen LogP contribution in [0.5, 0.6) is 23.5 Å². The molecule has 1 aromatic carbocycles. The van der Waals surface area contributed by atoms with Crippen molar-refractivity contribution in [3.05, 3.63) is 35.4 Å². The lowest BCUT2D eigenvalue weighted by atomic mass is 9.82. The van der Waals surface area contributed by atoms with Gasteiger partial charge in [-0.3, -0.25) is 9.59 Å². The van der Waals surface area contributed by atoms with Crippen LogP contribution >= 0.6 is 0 Å². The van der Waals surface area contributed by atoms with Gasteiger partial charge in [-0.2, -0.15) is 9.97 Å². The number of aliphatic hydroxyl groups excluding tert-OH is 1. The zero-order valence-corrected chi connectivity index (χ0v) is 15.9. The molecule has 1 aromatic heterocycles. The SMILES string of the molecule is COc1cc(OC)nc(Oc2cccc(C(C)=O)c2C(=O)C(C)(C)CO)n1. The number of carbonyl (C=O) groups is 2. The first-order valence-corrected chi connectivity index (χ1v) is 8.18. The number of nitrogens with zero attached hydrogens (tertiary/aromatic N) is 2. The molecular weight excluding hydrogens is 352 g/mol. The van der Waals surface area contributed by atoms with E-state index >= 15 is 0 Å². The summed E-state index contributed by atoms with van der Waals surface area (Å²) in [5.41, 5.74) is -0.848. The van der Waals surface area contributed by atoms with Crippen LogP contribution in [0.1, 0.15) is 41.5 Å². The van der Waals surface area contributed by atoms with Gasteiger partial charge in [0.15, 0.2) is 11.6 Å². The molecular formula is C19H22N2O6. The molecule has 0 fully saturated rings. The molecule has 0 aliphatic carbocycles. The predicted molar refractivity (Wildman–Crippen MR) is 96.9 cm³/mol. The zero-order chi connectivity index (χ0) is 20.2. The number of carbonyl (C=O) groups excluding carboxylic acids is 2. The smallest absolute Gasteiger partial charge is 0.328 e. The number of ketones is 2. The van der Waals surface area contributed by atoms with E-state index in [1.807, 2.05) is 0 Å². The number of aromatic nitrogens is 2. The van der Waals surface area contributed by atoms with Crippen LogP contribution in [-0.4, -0.2) is 47.5 Å². The van der Waals surface area contributed by atoms with Gasteiger partial charge in [-0.15, -0.1) is 0 Å². The molecule has 8 nitrogen and oxygen atoms in total. The average molecular weight is 374 g/mol. The lowest BCUT2D eigenvalue weighted by Crippen LogP contribution is -2.30. The Hall–Kier alpha value is -3.00. The van der Waals surface area contributed by atoms with E-state index in [2.05, 4.69) is 9.97 Å². The van der Waals surface area contributed by atoms with Crippen molar-refractivity contribution in [1.29, 1.82) is 0 Å². The van der Waals surface area contributed by atoms with Crippen LogP contribution in [0.3, 0.4) is 0 Å². The maximum absolute atomic E-state index is 13.0. The van der Waals surface area contributed by atoms with Gasteiger partial charge >= 0.3 is 6.01 Å². The van der Waals surface area contributed by atoms with E-state index in [1.165, 1.54) is 39.3 Å². The van der Waals surface area contributed by atoms with Crippen molar-refractivity contribution < 1.29 is 28.9 Å². The molecule has 0 atom stereocenters. The Balaban J connectivity index is 2.59. The summed E-state index contributed by atoms with van der Waals surface area (Å²) in [7, 11) is 2.86. The van der Waals surface area contributed by atoms with Crippen LogP contribution in [0.4, 0.5) is 0 Å². The number of hydrogen-bond donors (Lipinski definition) is 1. The summed E-state index contributed by atoms with van der Waals surface area (Å²) < 4.78 is 15.9. The minimum absolute atomic E-state index is 0.0643. The van der Waals surface area contributed by atoms with Gasteiger partial charge in [-0.25, -0.2) is 0 Å². The van der Waals surface area contributed by atoms with Crippen LogP contribution in [-0.2, 0) is 0 Å². The summed E-state index contributed by atoms with van der Waals surface area (Å²) in [5.74, 6) is -0.210. The molecule has 0 amide bonds. The van der Waals surface area contributed by atoms with E-state index in [9.17, 15) is 14.7 Å². The Morgan fingerprint density at radius 1 is 1.11 bits per heavy atom. The second kappa shape index (κ2) is 8.13. The van der Waals surface area contributed by atoms with Crippen molar-refractivity contribution in [2.24, 2.45) is 5.41 Å². The average Bonchev–Trinajstić information content (AvgIpc) is 2.66. The van der Waals surface area contributed by atoms with E-state index in [1.54, 1.807) is 19.9 Å². The third-order valence-electron chi connectivity index (χ3n) is 3.92. The summed E-state index contributed by atoms with van der Waals surface area (Å²) in [6.07, 6.45) is 0. The number of rotatable bonds is 8. The first-order valence-electron chi connectivity index (χ1n) is 8.18. The third kappa shape index (κ3) is 4.40. The number of aliphatic hydroxyl groups is 1. The standard InChI is InChI=1S/C19H22N2O6/c1-11(23)12-7-6-8-13(16(12)17(24)19(2,3)10-22)27-18-20-14(25-4)9-15(21-18)26-5/h6-9,22H,10H2,1-5H3. The molecule has 0 saturated carbocycles. The van der Waals surface area contributed by atoms with Crippen molar-refractivity contribution in [3.63, 3.8) is 0 Å². The molecule has 0 aliphatic rings. The second-order valence-electron chi connectivity index (χ2n) is 6.44. The van der Waals surface area contributed by atoms with Crippen molar-refractivity contribution in [2.75, 3.05) is 20.8 Å². The molecule has 2 rings (SSSR count). The van der Waals surface area contributed by atoms with Crippen LogP contribution in [0.2, 0.25) is 0 Å². The first-order chi connectivity index (χ1) is 12.7. The van der Waals surface area contributed by atoms with Gasteiger partial charge in [0.1, 0.15) is 5.75 Å². The summed E-state index contributed by atoms with van der Waals surface area (Å²) >= 11 is 0. The lowest BCUT2D eigenvalue weighted by molar-refractivity contribution is 0.0719. The van der Waals surface area contributed by atoms with Gasteiger partial charge in [0, 0.05) is 5.56 Å². The van der Waals surface area contributed by atoms with E-state index in [0.717, 1.165) is 0 Å². The minimum atomic E-state index is -1.10. The minimum Gasteiger partial charge on any atom is -0.481 e. The predicted octanol–water partition coefficient (Wildman–Crippen LogP) is 2.69. The summed E-state index contributed by atoms with van der Waals surface area (Å²) in [5, 5.41) is 9.57. The number of benzene rings is 1. The normalized spacial score (nSPS) is 11.0. The second-order valence-corrected chi connectivity index (χ2v) is 6.44. The highest BCUT2D eigenvalue weighted by molar-refractivity contribution is 6.11. The highest BCUT2D eigenvalue weighted by atomic mass is 16.5. The fourth-order valence-electron chi connectivity index (χ4n) is 2.29. The fourth-order valence-corrected chi connectivity index (χ4v) is 2.29. The van der Waals surface area contributed by atoms with Crippen molar-refractivity contribution in [1.82, 2.24) is 9.97 Å². The number of ether oxygens (including phenoxy) is 3. The maximum Gasteiger partial charge on any atom is 0.328 e. The van der Waals surface area contributed by atoms with E-state index in [-0.39, 0.29) is 47.0 Å². The zero-order valence-electron chi connectivity index (χ0n) is 15.9. The summed E-state index contributed by atoms with van der Waals surface area (Å²) in [6.45, 7) is 4.14. The van der Waals surface area contributed by atoms with Crippen molar-refractivity contribution in [3.8, 4) is 23.5 Å². The Kier molecular flexibility index (Phi) is 6.12. The van der Waals surface area contributed by atoms with Gasteiger partial charge in [-0.05, 0) is 13.0 Å². The fraction of sp³-hybridized carbons (Fsp3) is 0.368. The third-order valence-corrected chi connectivity index (χ3v) is 3.92. The Morgan fingerprint density at radius 2 is 1.70 bits per heavy atom. The molecule has 0 spiro atoms. The van der Waals surface area contributed by atoms with Crippen molar-refractivity contribution >= 4 is 11.6 Å². The van der Waals surface area contributed by atoms with Gasteiger partial charge in [0.25, 0.3) is 0 Å². The quantitative estimate of drug-likeness (QED) is 0.703. The first kappa shape index (κ1) is 20.3. The molecule has 1 N–H and O–H groups in total. The maximum atomic E-state index is 13.0. The molecule has 0 unspecified atom stereocenters. The van der Waals surface area contributed by atoms with Gasteiger partial charge in [-0.1, -0.05) is 26.0 Å². The van der Waals surface area contributed by atoms with Crippen molar-refractivity contribution in [2.45, 2.75) is 20.8 Å². The highest BCUT2D eigenvalue weighted by Crippen LogP contribution is 2.33. The molecule has 0 radical (unpaired) electrons. The molecule has 0 bridgehead atoms. The Morgan fingerprint density at radius 3 is 2.19 bits per heavy atom. The lowest BCUT2D eigenvalue weighted by Gasteiger charge is -2.22. The summed E-state index contributed by atoms with van der Waals surface area (Å²) in [4.78, 5) is 33.2. The molecule has 0 saturated heterocycles. The van der Waals surface area contributed by atoms with Gasteiger partial charge < -0.3 is 19.3 Å². The number of Topliss-reactive ketones (excluding diaryl/α,β-unsaturated/α-hetero) is 2. The summed E-state index contributed by atoms with van der Waals surface area (Å²) in [6, 6.07) is 6.01. The van der Waals surface area contributed by atoms with Crippen LogP contribution in [0.15, 0.2) is 24.3 Å². The largest absolute Gasteiger partial charge is 0.481 e. The topological polar surface area (TPSA) is 108 Å². The molecule has 144 valence electrons. The van der Waals surface area contributed by atoms with Crippen LogP contribution < -0.4 is 14.2 Å². The molecule has 2 aromatic rings. The highest BCUT2D eigenvalue weighted by Gasteiger charge is 2.33. The van der Waals surface area contributed by atoms with Crippen LogP contribution in [0, 0.1) is 5.41 Å². The van der Waals surface area contributed by atoms with E-state index in [4.69, 9.17) is 14.2 Å². The molecule has 8 heteroatoms. The molecule has 1 heterocycles. The van der Waals surface area contributed by atoms with Gasteiger partial charge in [0.2, 0.25) is 11.8 Å². The van der Waals surface area contributed by atoms with E-state index in [0.29, 0.717) is 0 Å². The molecule has 27 heavy (non-hydrogen) atoms. The van der Waals surface area contributed by atoms with E-state index < -0.39 is 11.2 Å². The monoisotopic (exact) mass is 374 g/mol. The Bertz CT molecular complexity index is 841. The van der Waals surface area contributed by atoms with Gasteiger partial charge in [0.05, 0.1) is 37.9 Å². The van der Waals surface area contributed by atoms with Crippen LogP contribution in [0.25, 0.3) is 0 Å². The molecule has 0 aliphatic heterocycles. The number of hydrogen-bond acceptors (Lipinski definition) is 8. The Labute approximate surface area is 157 Å². The number of methoxy groups -OCH3 is 2.